The summed E-state index contributed by atoms with van der Waals surface area (Å²) in [6.07, 6.45) is 0. The van der Waals surface area contributed by atoms with Crippen molar-refractivity contribution in [2.45, 2.75) is 15.1 Å². The molecule has 2 aromatic carbocycles. The predicted octanol–water partition coefficient (Wildman–Crippen LogP) is 2.88. The van der Waals surface area contributed by atoms with Gasteiger partial charge in [-0.1, -0.05) is 11.8 Å². The quantitative estimate of drug-likeness (QED) is 0.285. The SMILES string of the molecule is O=S(=O)(c1ccc(C#Cc2ccc(N3CCN(C([S-])[S-])CC3)cc2)cc1)C(F)(F)F.[Au]. The number of rotatable bonds is 3. The Morgan fingerprint density at radius 2 is 1.29 bits per heavy atom. The van der Waals surface area contributed by atoms with Crippen LogP contribution in [0.1, 0.15) is 11.1 Å². The molecular weight excluding hydrogens is 650 g/mol. The molecule has 0 atom stereocenters. The smallest absolute Gasteiger partial charge is 0.501 e. The summed E-state index contributed by atoms with van der Waals surface area (Å²) in [6.45, 7) is 3.31. The van der Waals surface area contributed by atoms with Crippen LogP contribution >= 0.6 is 0 Å². The van der Waals surface area contributed by atoms with Crippen LogP contribution in [0, 0.1) is 11.8 Å². The molecular formula is C20H17AuF3N2O2S3-2. The minimum Gasteiger partial charge on any atom is -0.800 e. The molecule has 1 saturated heterocycles. The first-order valence-corrected chi connectivity index (χ1v) is 11.3. The van der Waals surface area contributed by atoms with Crippen molar-refractivity contribution in [3.8, 4) is 11.8 Å². The summed E-state index contributed by atoms with van der Waals surface area (Å²) in [5, 5.41) is 0. The zero-order valence-electron chi connectivity index (χ0n) is 15.9. The van der Waals surface area contributed by atoms with Gasteiger partial charge in [0.2, 0.25) is 0 Å². The average molecular weight is 668 g/mol. The molecule has 0 unspecified atom stereocenters. The minimum atomic E-state index is -5.35. The van der Waals surface area contributed by atoms with Gasteiger partial charge in [0.15, 0.2) is 0 Å². The Kier molecular flexibility index (Phi) is 9.05. The van der Waals surface area contributed by atoms with Gasteiger partial charge in [0.1, 0.15) is 0 Å². The first kappa shape index (κ1) is 26.2. The van der Waals surface area contributed by atoms with E-state index in [1.165, 1.54) is 12.1 Å². The van der Waals surface area contributed by atoms with Crippen molar-refractivity contribution in [3.05, 3.63) is 59.7 Å². The number of sulfone groups is 1. The van der Waals surface area contributed by atoms with E-state index in [9.17, 15) is 21.6 Å². The molecule has 0 bridgehead atoms. The second kappa shape index (κ2) is 10.7. The Labute approximate surface area is 206 Å². The maximum atomic E-state index is 12.6. The van der Waals surface area contributed by atoms with Crippen LogP contribution in [0.25, 0.3) is 0 Å². The third-order valence-electron chi connectivity index (χ3n) is 4.67. The van der Waals surface area contributed by atoms with Gasteiger partial charge >= 0.3 is 5.51 Å². The third-order valence-corrected chi connectivity index (χ3v) is 6.76. The van der Waals surface area contributed by atoms with E-state index in [-0.39, 0.29) is 27.1 Å². The van der Waals surface area contributed by atoms with Crippen molar-refractivity contribution in [1.29, 1.82) is 0 Å². The van der Waals surface area contributed by atoms with E-state index in [4.69, 9.17) is 25.3 Å². The van der Waals surface area contributed by atoms with E-state index in [2.05, 4.69) is 21.6 Å². The standard InChI is InChI=1S/C20H19F3N2O2S3.Au/c21-20(22,23)30(26,27)18-9-5-16(6-10-18)2-1-15-3-7-17(8-4-15)24-11-13-25(14-12-24)19(28)29;/h3-10,19,28-29H,11-14H2;/p-2. The molecule has 2 aromatic rings. The fourth-order valence-electron chi connectivity index (χ4n) is 2.94. The number of benzene rings is 2. The zero-order valence-corrected chi connectivity index (χ0v) is 20.5. The second-order valence-electron chi connectivity index (χ2n) is 6.60. The summed E-state index contributed by atoms with van der Waals surface area (Å²) in [4.78, 5) is 3.51. The molecule has 3 rings (SSSR count). The second-order valence-corrected chi connectivity index (χ2v) is 9.73. The molecule has 0 amide bonds. The summed E-state index contributed by atoms with van der Waals surface area (Å²) in [6, 6.07) is 12.0. The van der Waals surface area contributed by atoms with Crippen molar-refractivity contribution in [1.82, 2.24) is 4.90 Å². The number of alkyl halides is 3. The fourth-order valence-corrected chi connectivity index (χ4v) is 4.13. The molecule has 1 aliphatic heterocycles. The number of hydrogen-bond acceptors (Lipinski definition) is 6. The van der Waals surface area contributed by atoms with Gasteiger partial charge in [-0.3, -0.25) is 0 Å². The van der Waals surface area contributed by atoms with E-state index >= 15 is 0 Å². The Hall–Kier alpha value is -1.06. The van der Waals surface area contributed by atoms with Crippen LogP contribution in [0.3, 0.4) is 0 Å². The molecule has 4 nitrogen and oxygen atoms in total. The summed E-state index contributed by atoms with van der Waals surface area (Å²) in [5.74, 6) is 5.75. The monoisotopic (exact) mass is 667 g/mol. The predicted molar refractivity (Wildman–Crippen MR) is 114 cm³/mol. The van der Waals surface area contributed by atoms with Gasteiger partial charge in [-0.05, 0) is 48.5 Å². The summed E-state index contributed by atoms with van der Waals surface area (Å²) < 4.78 is 60.2. The summed E-state index contributed by atoms with van der Waals surface area (Å²) in [5.41, 5.74) is -3.11. The van der Waals surface area contributed by atoms with Crippen LogP contribution < -0.4 is 4.90 Å². The van der Waals surface area contributed by atoms with Crippen LogP contribution in [0.2, 0.25) is 0 Å². The Balaban J connectivity index is 0.00000341. The van der Waals surface area contributed by atoms with Crippen molar-refractivity contribution in [2.24, 2.45) is 0 Å². The maximum Gasteiger partial charge on any atom is 0.501 e. The number of piperazine rings is 1. The van der Waals surface area contributed by atoms with Crippen LogP contribution in [0.4, 0.5) is 18.9 Å². The molecule has 0 spiro atoms. The minimum absolute atomic E-state index is 0. The Morgan fingerprint density at radius 3 is 1.71 bits per heavy atom. The normalized spacial score (nSPS) is 15.2. The maximum absolute atomic E-state index is 12.6. The first-order chi connectivity index (χ1) is 14.1. The average Bonchev–Trinajstić information content (AvgIpc) is 2.72. The number of anilines is 1. The molecule has 1 heterocycles. The molecule has 1 aliphatic rings. The fraction of sp³-hybridized carbons (Fsp3) is 0.300. The van der Waals surface area contributed by atoms with E-state index in [0.29, 0.717) is 5.56 Å². The van der Waals surface area contributed by atoms with Crippen LogP contribution in [-0.2, 0) is 57.5 Å². The summed E-state index contributed by atoms with van der Waals surface area (Å²) in [7, 11) is -5.35. The molecule has 0 N–H and O–H groups in total. The van der Waals surface area contributed by atoms with Crippen molar-refractivity contribution in [2.75, 3.05) is 31.1 Å². The van der Waals surface area contributed by atoms with Crippen molar-refractivity contribution in [3.63, 3.8) is 0 Å². The van der Waals surface area contributed by atoms with Gasteiger partial charge in [0, 0.05) is 65.4 Å². The molecule has 0 aliphatic carbocycles. The van der Waals surface area contributed by atoms with Gasteiger partial charge in [0.05, 0.1) is 4.90 Å². The van der Waals surface area contributed by atoms with E-state index in [0.717, 1.165) is 49.6 Å². The molecule has 1 radical (unpaired) electrons. The Morgan fingerprint density at radius 1 is 0.839 bits per heavy atom. The van der Waals surface area contributed by atoms with E-state index in [1.807, 2.05) is 24.3 Å². The third kappa shape index (κ3) is 6.48. The van der Waals surface area contributed by atoms with E-state index < -0.39 is 20.2 Å². The van der Waals surface area contributed by atoms with Crippen molar-refractivity contribution >= 4 is 40.8 Å². The van der Waals surface area contributed by atoms with Gasteiger partial charge in [-0.15, -0.1) is 0 Å². The molecule has 11 heteroatoms. The molecule has 31 heavy (non-hydrogen) atoms. The van der Waals surface area contributed by atoms with Gasteiger partial charge in [-0.25, -0.2) is 13.1 Å². The van der Waals surface area contributed by atoms with Gasteiger partial charge in [-0.2, -0.15) is 13.2 Å². The van der Waals surface area contributed by atoms with Crippen LogP contribution in [0.15, 0.2) is 53.4 Å². The zero-order chi connectivity index (χ0) is 21.9. The first-order valence-electron chi connectivity index (χ1n) is 8.92. The number of halogens is 3. The number of nitrogens with zero attached hydrogens (tertiary/aromatic N) is 2. The molecule has 0 saturated carbocycles. The summed E-state index contributed by atoms with van der Waals surface area (Å²) >= 11 is 10.2. The van der Waals surface area contributed by atoms with Crippen molar-refractivity contribution < 1.29 is 44.0 Å². The van der Waals surface area contributed by atoms with E-state index in [1.54, 1.807) is 0 Å². The van der Waals surface area contributed by atoms with Gasteiger partial charge < -0.3 is 35.1 Å². The molecule has 171 valence electrons. The van der Waals surface area contributed by atoms with Gasteiger partial charge in [0.25, 0.3) is 9.84 Å². The number of hydrogen-bond donors (Lipinski definition) is 0. The van der Waals surface area contributed by atoms with Crippen LogP contribution in [-0.4, -0.2) is 49.7 Å². The van der Waals surface area contributed by atoms with Crippen LogP contribution in [0.5, 0.6) is 0 Å². The Bertz CT molecular complexity index is 1040. The molecule has 0 aromatic heterocycles. The topological polar surface area (TPSA) is 40.6 Å². The molecule has 1 fully saturated rings. The largest absolute Gasteiger partial charge is 0.800 e.